The molecule has 0 atom stereocenters. The third-order valence-electron chi connectivity index (χ3n) is 3.95. The van der Waals surface area contributed by atoms with Gasteiger partial charge in [0.1, 0.15) is 11.4 Å². The second-order valence-corrected chi connectivity index (χ2v) is 7.50. The molecule has 0 aliphatic carbocycles. The van der Waals surface area contributed by atoms with Gasteiger partial charge in [0.2, 0.25) is 0 Å². The van der Waals surface area contributed by atoms with E-state index in [4.69, 9.17) is 4.74 Å². The number of benzene rings is 2. The van der Waals surface area contributed by atoms with E-state index in [9.17, 15) is 18.0 Å². The van der Waals surface area contributed by atoms with Crippen molar-refractivity contribution in [3.05, 3.63) is 60.3 Å². The number of pyridine rings is 1. The molecule has 1 aromatic heterocycles. The number of nitrogens with one attached hydrogen (secondary N) is 2. The number of sulfonamides is 1. The number of para-hydroxylation sites is 1. The minimum atomic E-state index is -4.16. The predicted molar refractivity (Wildman–Crippen MR) is 97.0 cm³/mol. The zero-order valence-corrected chi connectivity index (χ0v) is 14.6. The molecule has 2 amide bonds. The van der Waals surface area contributed by atoms with Crippen molar-refractivity contribution in [3.63, 3.8) is 0 Å². The van der Waals surface area contributed by atoms with Gasteiger partial charge in [-0.1, -0.05) is 24.3 Å². The number of ether oxygens (including phenoxy) is 1. The summed E-state index contributed by atoms with van der Waals surface area (Å²) in [6.45, 7) is -0.135. The van der Waals surface area contributed by atoms with E-state index < -0.39 is 15.9 Å². The van der Waals surface area contributed by atoms with Gasteiger partial charge in [0, 0.05) is 5.39 Å². The van der Waals surface area contributed by atoms with Crippen LogP contribution >= 0.6 is 0 Å². The van der Waals surface area contributed by atoms with E-state index in [1.54, 1.807) is 18.2 Å². The molecular weight excluding hydrogens is 370 g/mol. The van der Waals surface area contributed by atoms with E-state index in [0.717, 1.165) is 5.39 Å². The van der Waals surface area contributed by atoms with E-state index in [-0.39, 0.29) is 28.8 Å². The number of aromatic nitrogens is 1. The maximum absolute atomic E-state index is 12.5. The lowest BCUT2D eigenvalue weighted by Crippen LogP contribution is -2.31. The minimum Gasteiger partial charge on any atom is -0.482 e. The third kappa shape index (κ3) is 3.32. The Morgan fingerprint density at radius 2 is 1.93 bits per heavy atom. The summed E-state index contributed by atoms with van der Waals surface area (Å²) < 4.78 is 32.2. The summed E-state index contributed by atoms with van der Waals surface area (Å²) in [4.78, 5) is 27.8. The Labute approximate surface area is 154 Å². The van der Waals surface area contributed by atoms with Crippen LogP contribution in [0.4, 0.5) is 5.69 Å². The van der Waals surface area contributed by atoms with Crippen LogP contribution in [0.3, 0.4) is 0 Å². The number of amides is 2. The second-order valence-electron chi connectivity index (χ2n) is 5.82. The van der Waals surface area contributed by atoms with Crippen LogP contribution in [0.1, 0.15) is 10.5 Å². The molecule has 0 spiro atoms. The molecule has 4 rings (SSSR count). The van der Waals surface area contributed by atoms with Crippen LogP contribution in [-0.4, -0.2) is 31.8 Å². The highest BCUT2D eigenvalue weighted by molar-refractivity contribution is 7.90. The summed E-state index contributed by atoms with van der Waals surface area (Å²) in [6.07, 6.45) is 0. The number of carbonyl (C=O) groups excluding carboxylic acids is 2. The first kappa shape index (κ1) is 17.0. The second kappa shape index (κ2) is 6.36. The molecule has 1 aliphatic heterocycles. The van der Waals surface area contributed by atoms with Crippen LogP contribution in [-0.2, 0) is 14.8 Å². The summed E-state index contributed by atoms with van der Waals surface area (Å²) in [5.41, 5.74) is 0.786. The van der Waals surface area contributed by atoms with Crippen molar-refractivity contribution in [2.75, 3.05) is 11.9 Å². The van der Waals surface area contributed by atoms with Crippen LogP contribution in [0.5, 0.6) is 5.75 Å². The lowest BCUT2D eigenvalue weighted by atomic mass is 10.2. The van der Waals surface area contributed by atoms with Crippen LogP contribution in [0, 0.1) is 0 Å². The van der Waals surface area contributed by atoms with Gasteiger partial charge in [-0.3, -0.25) is 9.59 Å². The van der Waals surface area contributed by atoms with E-state index in [1.807, 2.05) is 16.9 Å². The Balaban J connectivity index is 1.61. The quantitative estimate of drug-likeness (QED) is 0.711. The Bertz CT molecular complexity index is 1190. The van der Waals surface area contributed by atoms with Gasteiger partial charge in [0.25, 0.3) is 21.8 Å². The highest BCUT2D eigenvalue weighted by atomic mass is 32.2. The molecule has 0 saturated heterocycles. The van der Waals surface area contributed by atoms with Crippen LogP contribution in [0.25, 0.3) is 10.9 Å². The largest absolute Gasteiger partial charge is 0.482 e. The molecular formula is C18H13N3O5S. The van der Waals surface area contributed by atoms with Gasteiger partial charge in [-0.2, -0.15) is 0 Å². The van der Waals surface area contributed by atoms with Crippen LogP contribution in [0.15, 0.2) is 59.5 Å². The molecule has 0 bridgehead atoms. The van der Waals surface area contributed by atoms with Crippen molar-refractivity contribution >= 4 is 38.4 Å². The molecule has 2 N–H and O–H groups in total. The van der Waals surface area contributed by atoms with Gasteiger partial charge in [-0.15, -0.1) is 0 Å². The molecule has 0 radical (unpaired) electrons. The van der Waals surface area contributed by atoms with Gasteiger partial charge < -0.3 is 10.1 Å². The summed E-state index contributed by atoms with van der Waals surface area (Å²) in [6, 6.07) is 14.3. The Kier molecular flexibility index (Phi) is 4.00. The molecule has 0 saturated carbocycles. The fourth-order valence-electron chi connectivity index (χ4n) is 2.66. The van der Waals surface area contributed by atoms with Gasteiger partial charge >= 0.3 is 0 Å². The standard InChI is InChI=1S/C18H13N3O5S/c22-17-10-26-16-8-6-12(9-15(16)20-17)27(24,25)21-18(23)14-7-5-11-3-1-2-4-13(11)19-14/h1-9H,10H2,(H,20,22)(H,21,23). The molecule has 1 aliphatic rings. The summed E-state index contributed by atoms with van der Waals surface area (Å²) >= 11 is 0. The molecule has 0 unspecified atom stereocenters. The monoisotopic (exact) mass is 383 g/mol. The van der Waals surface area contributed by atoms with Crippen LogP contribution in [0.2, 0.25) is 0 Å². The molecule has 136 valence electrons. The van der Waals surface area contributed by atoms with E-state index in [1.165, 1.54) is 24.3 Å². The maximum atomic E-state index is 12.5. The smallest absolute Gasteiger partial charge is 0.283 e. The molecule has 2 heterocycles. The average molecular weight is 383 g/mol. The molecule has 3 aromatic rings. The van der Waals surface area contributed by atoms with Crippen molar-refractivity contribution in [1.29, 1.82) is 0 Å². The minimum absolute atomic E-state index is 0.0214. The summed E-state index contributed by atoms with van der Waals surface area (Å²) in [5, 5.41) is 3.36. The maximum Gasteiger partial charge on any atom is 0.283 e. The fourth-order valence-corrected chi connectivity index (χ4v) is 3.64. The van der Waals surface area contributed by atoms with Crippen molar-refractivity contribution in [1.82, 2.24) is 9.71 Å². The molecule has 0 fully saturated rings. The molecule has 2 aromatic carbocycles. The Morgan fingerprint density at radius 1 is 1.11 bits per heavy atom. The van der Waals surface area contributed by atoms with E-state index in [2.05, 4.69) is 10.3 Å². The molecule has 27 heavy (non-hydrogen) atoms. The number of rotatable bonds is 3. The van der Waals surface area contributed by atoms with Crippen LogP contribution < -0.4 is 14.8 Å². The first-order valence-electron chi connectivity index (χ1n) is 7.92. The SMILES string of the molecule is O=C1COc2ccc(S(=O)(=O)NC(=O)c3ccc4ccccc4n3)cc2N1. The third-order valence-corrected chi connectivity index (χ3v) is 5.28. The molecule has 8 nitrogen and oxygen atoms in total. The lowest BCUT2D eigenvalue weighted by Gasteiger charge is -2.18. The van der Waals surface area contributed by atoms with Gasteiger partial charge in [0.05, 0.1) is 16.1 Å². The van der Waals surface area contributed by atoms with E-state index in [0.29, 0.717) is 11.3 Å². The summed E-state index contributed by atoms with van der Waals surface area (Å²) in [7, 11) is -4.16. The first-order valence-corrected chi connectivity index (χ1v) is 9.40. The lowest BCUT2D eigenvalue weighted by molar-refractivity contribution is -0.118. The number of nitrogens with zero attached hydrogens (tertiary/aromatic N) is 1. The van der Waals surface area contributed by atoms with Crippen molar-refractivity contribution < 1.29 is 22.7 Å². The number of hydrogen-bond donors (Lipinski definition) is 2. The van der Waals surface area contributed by atoms with Gasteiger partial charge in [-0.25, -0.2) is 18.1 Å². The van der Waals surface area contributed by atoms with Crippen molar-refractivity contribution in [3.8, 4) is 5.75 Å². The number of anilines is 1. The van der Waals surface area contributed by atoms with E-state index >= 15 is 0 Å². The van der Waals surface area contributed by atoms with Gasteiger partial charge in [0.15, 0.2) is 6.61 Å². The predicted octanol–water partition coefficient (Wildman–Crippen LogP) is 1.68. The first-order chi connectivity index (χ1) is 12.9. The van der Waals surface area contributed by atoms with Gasteiger partial charge in [-0.05, 0) is 30.3 Å². The number of carbonyl (C=O) groups is 2. The number of fused-ring (bicyclic) bond motifs is 2. The molecule has 9 heteroatoms. The fraction of sp³-hybridized carbons (Fsp3) is 0.0556. The summed E-state index contributed by atoms with van der Waals surface area (Å²) in [5.74, 6) is -0.878. The average Bonchev–Trinajstić information content (AvgIpc) is 2.66. The zero-order valence-electron chi connectivity index (χ0n) is 13.8. The Hall–Kier alpha value is -3.46. The van der Waals surface area contributed by atoms with Crippen molar-refractivity contribution in [2.45, 2.75) is 4.90 Å². The number of hydrogen-bond acceptors (Lipinski definition) is 6. The normalized spacial score (nSPS) is 13.4. The highest BCUT2D eigenvalue weighted by Crippen LogP contribution is 2.30. The highest BCUT2D eigenvalue weighted by Gasteiger charge is 2.23. The topological polar surface area (TPSA) is 114 Å². The Morgan fingerprint density at radius 3 is 2.78 bits per heavy atom. The van der Waals surface area contributed by atoms with Crippen molar-refractivity contribution in [2.24, 2.45) is 0 Å². The zero-order chi connectivity index (χ0) is 19.0.